The first-order valence-corrected chi connectivity index (χ1v) is 10.3. The fourth-order valence-corrected chi connectivity index (χ4v) is 4.05. The van der Waals surface area contributed by atoms with Crippen molar-refractivity contribution in [1.29, 1.82) is 0 Å². The van der Waals surface area contributed by atoms with Crippen LogP contribution in [0.4, 0.5) is 0 Å². The molecule has 2 aliphatic rings. The van der Waals surface area contributed by atoms with Crippen molar-refractivity contribution < 1.29 is 14.3 Å². The van der Waals surface area contributed by atoms with Gasteiger partial charge in [0.15, 0.2) is 0 Å². The Hall–Kier alpha value is -2.67. The highest BCUT2D eigenvalue weighted by molar-refractivity contribution is 5.99. The van der Waals surface area contributed by atoms with Gasteiger partial charge in [-0.15, -0.1) is 0 Å². The number of nitrogens with one attached hydrogen (secondary N) is 1. The summed E-state index contributed by atoms with van der Waals surface area (Å²) in [5.41, 5.74) is 3.64. The van der Waals surface area contributed by atoms with Gasteiger partial charge in [-0.2, -0.15) is 0 Å². The summed E-state index contributed by atoms with van der Waals surface area (Å²) in [6.07, 6.45) is 5.16. The second kappa shape index (κ2) is 7.99. The molecule has 154 valence electrons. The smallest absolute Gasteiger partial charge is 0.273 e. The number of hydrogen-bond acceptors (Lipinski definition) is 4. The first-order chi connectivity index (χ1) is 14.0. The fourth-order valence-electron chi connectivity index (χ4n) is 4.05. The molecule has 0 bridgehead atoms. The third-order valence-corrected chi connectivity index (χ3v) is 5.57. The van der Waals surface area contributed by atoms with Crippen LogP contribution in [0.15, 0.2) is 24.4 Å². The van der Waals surface area contributed by atoms with Gasteiger partial charge in [-0.25, -0.2) is 4.98 Å². The maximum Gasteiger partial charge on any atom is 0.273 e. The van der Waals surface area contributed by atoms with Crippen molar-refractivity contribution in [3.63, 3.8) is 0 Å². The Morgan fingerprint density at radius 2 is 2.21 bits per heavy atom. The number of ether oxygens (including phenoxy) is 1. The van der Waals surface area contributed by atoms with Crippen LogP contribution in [0.1, 0.15) is 43.2 Å². The number of carbonyl (C=O) groups is 2. The molecule has 4 rings (SSSR count). The zero-order valence-corrected chi connectivity index (χ0v) is 17.3. The Morgan fingerprint density at radius 3 is 2.93 bits per heavy atom. The topological polar surface area (TPSA) is 76.5 Å². The molecule has 2 aliphatic heterocycles. The molecule has 7 nitrogen and oxygen atoms in total. The molecule has 0 saturated carbocycles. The van der Waals surface area contributed by atoms with Crippen LogP contribution in [0.25, 0.3) is 16.6 Å². The Labute approximate surface area is 170 Å². The van der Waals surface area contributed by atoms with Crippen molar-refractivity contribution in [3.05, 3.63) is 35.7 Å². The third kappa shape index (κ3) is 3.79. The molecule has 29 heavy (non-hydrogen) atoms. The first kappa shape index (κ1) is 19.6. The average molecular weight is 396 g/mol. The lowest BCUT2D eigenvalue weighted by Gasteiger charge is -2.32. The van der Waals surface area contributed by atoms with Crippen LogP contribution in [-0.4, -0.2) is 58.6 Å². The van der Waals surface area contributed by atoms with Crippen molar-refractivity contribution in [2.24, 2.45) is 5.92 Å². The number of piperazine rings is 1. The quantitative estimate of drug-likeness (QED) is 0.861. The van der Waals surface area contributed by atoms with E-state index in [1.165, 1.54) is 11.1 Å². The maximum atomic E-state index is 13.1. The van der Waals surface area contributed by atoms with E-state index in [0.717, 1.165) is 30.6 Å². The lowest BCUT2D eigenvalue weighted by molar-refractivity contribution is -0.127. The van der Waals surface area contributed by atoms with E-state index in [1.54, 1.807) is 17.9 Å². The van der Waals surface area contributed by atoms with Crippen LogP contribution in [0.3, 0.4) is 0 Å². The minimum absolute atomic E-state index is 0.123. The lowest BCUT2D eigenvalue weighted by atomic mass is 10.0. The van der Waals surface area contributed by atoms with Crippen LogP contribution in [0.2, 0.25) is 0 Å². The molecule has 2 amide bonds. The highest BCUT2D eigenvalue weighted by atomic mass is 16.5. The fraction of sp³-hybridized carbons (Fsp3) is 0.500. The van der Waals surface area contributed by atoms with Crippen molar-refractivity contribution in [2.75, 3.05) is 26.3 Å². The highest BCUT2D eigenvalue weighted by Crippen LogP contribution is 2.31. The monoisotopic (exact) mass is 396 g/mol. The van der Waals surface area contributed by atoms with Gasteiger partial charge in [0.2, 0.25) is 5.91 Å². The van der Waals surface area contributed by atoms with Gasteiger partial charge in [0.1, 0.15) is 17.4 Å². The van der Waals surface area contributed by atoms with E-state index in [1.807, 2.05) is 6.07 Å². The molecule has 1 atom stereocenters. The summed E-state index contributed by atoms with van der Waals surface area (Å²) in [5.74, 6) is 0.134. The zero-order valence-electron chi connectivity index (χ0n) is 17.3. The molecule has 2 aromatic heterocycles. The first-order valence-electron chi connectivity index (χ1n) is 10.3. The Morgan fingerprint density at radius 1 is 1.38 bits per heavy atom. The molecule has 1 N–H and O–H groups in total. The van der Waals surface area contributed by atoms with Crippen molar-refractivity contribution in [3.8, 4) is 0 Å². The minimum Gasteiger partial charge on any atom is -0.377 e. The predicted molar refractivity (Wildman–Crippen MR) is 111 cm³/mol. The zero-order chi connectivity index (χ0) is 20.5. The van der Waals surface area contributed by atoms with E-state index in [0.29, 0.717) is 31.3 Å². The molecule has 4 heterocycles. The van der Waals surface area contributed by atoms with Crippen LogP contribution in [0.5, 0.6) is 0 Å². The van der Waals surface area contributed by atoms with Gasteiger partial charge < -0.3 is 19.5 Å². The average Bonchev–Trinajstić information content (AvgIpc) is 3.07. The Balaban J connectivity index is 1.75. The van der Waals surface area contributed by atoms with Crippen molar-refractivity contribution in [1.82, 2.24) is 19.8 Å². The van der Waals surface area contributed by atoms with E-state index < -0.39 is 6.04 Å². The van der Waals surface area contributed by atoms with Crippen LogP contribution >= 0.6 is 0 Å². The largest absolute Gasteiger partial charge is 0.377 e. The number of fused-ring (bicyclic) bond motifs is 1. The number of amides is 2. The second-order valence-corrected chi connectivity index (χ2v) is 8.18. The van der Waals surface area contributed by atoms with Crippen LogP contribution in [-0.2, 0) is 16.1 Å². The number of pyridine rings is 1. The van der Waals surface area contributed by atoms with Gasteiger partial charge in [0.25, 0.3) is 5.91 Å². The predicted octanol–water partition coefficient (Wildman–Crippen LogP) is 2.46. The standard InChI is InChI=1S/C22H28N4O3/c1-14(2)12-25-13-18(16-6-10-29-11-7-16)17-4-5-19(24-20(17)25)22(28)26-9-8-23-21(27)15(26)3/h4-6,13-15H,7-12H2,1-3H3,(H,23,27). The summed E-state index contributed by atoms with van der Waals surface area (Å²) >= 11 is 0. The molecular weight excluding hydrogens is 368 g/mol. The molecule has 2 aromatic rings. The Bertz CT molecular complexity index is 976. The molecule has 1 fully saturated rings. The molecule has 0 radical (unpaired) electrons. The summed E-state index contributed by atoms with van der Waals surface area (Å²) < 4.78 is 7.61. The molecule has 0 aromatic carbocycles. The molecule has 1 saturated heterocycles. The third-order valence-electron chi connectivity index (χ3n) is 5.57. The SMILES string of the molecule is CC(C)Cn1cc(C2=CCOCC2)c2ccc(C(=O)N3CCNC(=O)C3C)nc21. The summed E-state index contributed by atoms with van der Waals surface area (Å²) in [7, 11) is 0. The van der Waals surface area contributed by atoms with Gasteiger partial charge in [-0.3, -0.25) is 9.59 Å². The van der Waals surface area contributed by atoms with Crippen LogP contribution in [0, 0.1) is 5.92 Å². The summed E-state index contributed by atoms with van der Waals surface area (Å²) in [6.45, 7) is 9.24. The van der Waals surface area contributed by atoms with Crippen LogP contribution < -0.4 is 5.32 Å². The van der Waals surface area contributed by atoms with E-state index >= 15 is 0 Å². The van der Waals surface area contributed by atoms with Gasteiger partial charge in [0, 0.05) is 36.8 Å². The molecule has 7 heteroatoms. The maximum absolute atomic E-state index is 13.1. The van der Waals surface area contributed by atoms with Crippen molar-refractivity contribution >= 4 is 28.4 Å². The summed E-state index contributed by atoms with van der Waals surface area (Å²) in [5, 5.41) is 3.85. The highest BCUT2D eigenvalue weighted by Gasteiger charge is 2.31. The summed E-state index contributed by atoms with van der Waals surface area (Å²) in [4.78, 5) is 31.4. The van der Waals surface area contributed by atoms with E-state index in [2.05, 4.69) is 36.0 Å². The van der Waals surface area contributed by atoms with Gasteiger partial charge in [0.05, 0.1) is 13.2 Å². The molecular formula is C22H28N4O3. The number of hydrogen-bond donors (Lipinski definition) is 1. The van der Waals surface area contributed by atoms with E-state index in [-0.39, 0.29) is 11.8 Å². The van der Waals surface area contributed by atoms with Gasteiger partial charge in [-0.05, 0) is 37.0 Å². The minimum atomic E-state index is -0.487. The number of carbonyl (C=O) groups excluding carboxylic acids is 2. The van der Waals surface area contributed by atoms with Gasteiger partial charge >= 0.3 is 0 Å². The second-order valence-electron chi connectivity index (χ2n) is 8.18. The lowest BCUT2D eigenvalue weighted by Crippen LogP contribution is -2.55. The summed E-state index contributed by atoms with van der Waals surface area (Å²) in [6, 6.07) is 3.29. The van der Waals surface area contributed by atoms with E-state index in [9.17, 15) is 9.59 Å². The number of aromatic nitrogens is 2. The number of nitrogens with zero attached hydrogens (tertiary/aromatic N) is 3. The number of rotatable bonds is 4. The normalized spacial score (nSPS) is 20.1. The molecule has 1 unspecified atom stereocenters. The molecule has 0 aliphatic carbocycles. The molecule has 0 spiro atoms. The van der Waals surface area contributed by atoms with Gasteiger partial charge in [-0.1, -0.05) is 19.9 Å². The van der Waals surface area contributed by atoms with Crippen molar-refractivity contribution in [2.45, 2.75) is 39.8 Å². The Kier molecular flexibility index (Phi) is 5.41. The van der Waals surface area contributed by atoms with E-state index in [4.69, 9.17) is 9.72 Å².